The number of sulfone groups is 1. The van der Waals surface area contributed by atoms with Gasteiger partial charge in [-0.3, -0.25) is 4.79 Å². The lowest BCUT2D eigenvalue weighted by Crippen LogP contribution is -2.36. The maximum atomic E-state index is 12.0. The van der Waals surface area contributed by atoms with E-state index in [-0.39, 0.29) is 34.6 Å². The summed E-state index contributed by atoms with van der Waals surface area (Å²) in [4.78, 5) is 12.0. The van der Waals surface area contributed by atoms with E-state index in [1.165, 1.54) is 11.8 Å². The minimum Gasteiger partial charge on any atom is -0.353 e. The SMILES string of the molecule is CC(C)NC(=O)[C@@H](C)Sc1nnc(C[C@H]2CCS(=O)(=O)C2)n1C. The molecule has 0 radical (unpaired) electrons. The molecule has 2 heterocycles. The Balaban J connectivity index is 1.98. The minimum atomic E-state index is -2.88. The van der Waals surface area contributed by atoms with Crippen LogP contribution in [0.3, 0.4) is 0 Å². The normalized spacial score (nSPS) is 21.5. The van der Waals surface area contributed by atoms with Crippen LogP contribution in [0.4, 0.5) is 0 Å². The Kier molecular flexibility index (Phi) is 5.72. The summed E-state index contributed by atoms with van der Waals surface area (Å²) in [5, 5.41) is 11.6. The first kappa shape index (κ1) is 18.3. The molecule has 1 amide bonds. The molecule has 0 unspecified atom stereocenters. The number of amides is 1. The molecule has 1 aromatic rings. The van der Waals surface area contributed by atoms with E-state index in [0.717, 1.165) is 5.82 Å². The molecule has 1 saturated heterocycles. The van der Waals surface area contributed by atoms with E-state index in [1.54, 1.807) is 0 Å². The zero-order chi connectivity index (χ0) is 17.2. The van der Waals surface area contributed by atoms with Gasteiger partial charge in [0.15, 0.2) is 15.0 Å². The van der Waals surface area contributed by atoms with Crippen molar-refractivity contribution in [2.75, 3.05) is 11.5 Å². The standard InChI is InChI=1S/C14H24N4O3S2/c1-9(2)15-13(19)10(3)22-14-17-16-12(18(14)4)7-11-5-6-23(20,21)8-11/h9-11H,5-8H2,1-4H3,(H,15,19)/t10-,11-/m1/s1. The molecule has 0 saturated carbocycles. The number of aromatic nitrogens is 3. The number of nitrogens with one attached hydrogen (secondary N) is 1. The van der Waals surface area contributed by atoms with Crippen LogP contribution in [0.1, 0.15) is 33.0 Å². The third-order valence-corrected chi connectivity index (χ3v) is 6.78. The summed E-state index contributed by atoms with van der Waals surface area (Å²) in [6.45, 7) is 5.68. The van der Waals surface area contributed by atoms with E-state index in [1.807, 2.05) is 32.4 Å². The van der Waals surface area contributed by atoms with Crippen molar-refractivity contribution >= 4 is 27.5 Å². The molecule has 1 fully saturated rings. The summed E-state index contributed by atoms with van der Waals surface area (Å²) in [6, 6.07) is 0.102. The molecule has 1 aromatic heterocycles. The zero-order valence-corrected chi connectivity index (χ0v) is 15.6. The van der Waals surface area contributed by atoms with Crippen molar-refractivity contribution in [3.8, 4) is 0 Å². The van der Waals surface area contributed by atoms with Gasteiger partial charge in [0.05, 0.1) is 16.8 Å². The highest BCUT2D eigenvalue weighted by Crippen LogP contribution is 2.25. The van der Waals surface area contributed by atoms with Gasteiger partial charge in [-0.25, -0.2) is 8.42 Å². The van der Waals surface area contributed by atoms with Gasteiger partial charge in [-0.15, -0.1) is 10.2 Å². The third kappa shape index (κ3) is 4.94. The highest BCUT2D eigenvalue weighted by atomic mass is 32.2. The second-order valence-corrected chi connectivity index (χ2v) is 9.89. The van der Waals surface area contributed by atoms with Crippen LogP contribution < -0.4 is 5.32 Å². The Labute approximate surface area is 141 Å². The van der Waals surface area contributed by atoms with Crippen LogP contribution in [0.2, 0.25) is 0 Å². The molecule has 0 bridgehead atoms. The van der Waals surface area contributed by atoms with E-state index in [0.29, 0.717) is 18.0 Å². The summed E-state index contributed by atoms with van der Waals surface area (Å²) in [6.07, 6.45) is 1.29. The van der Waals surface area contributed by atoms with E-state index < -0.39 is 9.84 Å². The fourth-order valence-corrected chi connectivity index (χ4v) is 5.23. The first-order valence-corrected chi connectivity index (χ1v) is 10.4. The highest BCUT2D eigenvalue weighted by Gasteiger charge is 2.29. The van der Waals surface area contributed by atoms with Crippen molar-refractivity contribution in [3.63, 3.8) is 0 Å². The van der Waals surface area contributed by atoms with Crippen LogP contribution in [0.5, 0.6) is 0 Å². The molecular weight excluding hydrogens is 336 g/mol. The summed E-state index contributed by atoms with van der Waals surface area (Å²) < 4.78 is 24.9. The molecule has 0 spiro atoms. The molecule has 0 aliphatic carbocycles. The monoisotopic (exact) mass is 360 g/mol. The summed E-state index contributed by atoms with van der Waals surface area (Å²) in [5.74, 6) is 1.35. The lowest BCUT2D eigenvalue weighted by atomic mass is 10.1. The second kappa shape index (κ2) is 7.21. The van der Waals surface area contributed by atoms with Gasteiger partial charge < -0.3 is 9.88 Å². The van der Waals surface area contributed by atoms with Gasteiger partial charge in [-0.1, -0.05) is 11.8 Å². The van der Waals surface area contributed by atoms with Gasteiger partial charge in [0.25, 0.3) is 0 Å². The van der Waals surface area contributed by atoms with Crippen LogP contribution in [0.15, 0.2) is 5.16 Å². The summed E-state index contributed by atoms with van der Waals surface area (Å²) in [5.41, 5.74) is 0. The van der Waals surface area contributed by atoms with Crippen LogP contribution in [-0.4, -0.2) is 51.9 Å². The average molecular weight is 361 g/mol. The van der Waals surface area contributed by atoms with Crippen LogP contribution in [0, 0.1) is 5.92 Å². The molecule has 9 heteroatoms. The van der Waals surface area contributed by atoms with Crippen LogP contribution in [-0.2, 0) is 28.1 Å². The number of hydrogen-bond acceptors (Lipinski definition) is 6. The van der Waals surface area contributed by atoms with Crippen molar-refractivity contribution in [2.24, 2.45) is 13.0 Å². The topological polar surface area (TPSA) is 94.0 Å². The van der Waals surface area contributed by atoms with E-state index >= 15 is 0 Å². The molecule has 23 heavy (non-hydrogen) atoms. The predicted molar refractivity (Wildman–Crippen MR) is 90.1 cm³/mol. The molecule has 2 rings (SSSR count). The Morgan fingerprint density at radius 2 is 2.09 bits per heavy atom. The highest BCUT2D eigenvalue weighted by molar-refractivity contribution is 8.00. The molecule has 1 aliphatic heterocycles. The fraction of sp³-hybridized carbons (Fsp3) is 0.786. The molecule has 1 N–H and O–H groups in total. The van der Waals surface area contributed by atoms with Crippen LogP contribution >= 0.6 is 11.8 Å². The maximum Gasteiger partial charge on any atom is 0.233 e. The average Bonchev–Trinajstić information content (AvgIpc) is 2.94. The van der Waals surface area contributed by atoms with E-state index in [9.17, 15) is 13.2 Å². The first-order chi connectivity index (χ1) is 10.7. The van der Waals surface area contributed by atoms with Crippen molar-refractivity contribution in [3.05, 3.63) is 5.82 Å². The summed E-state index contributed by atoms with van der Waals surface area (Å²) in [7, 11) is -1.02. The molecular formula is C14H24N4O3S2. The lowest BCUT2D eigenvalue weighted by Gasteiger charge is -2.14. The Morgan fingerprint density at radius 3 is 2.65 bits per heavy atom. The number of hydrogen-bond donors (Lipinski definition) is 1. The largest absolute Gasteiger partial charge is 0.353 e. The quantitative estimate of drug-likeness (QED) is 0.754. The Morgan fingerprint density at radius 1 is 1.39 bits per heavy atom. The molecule has 130 valence electrons. The number of rotatable bonds is 6. The van der Waals surface area contributed by atoms with Crippen molar-refractivity contribution in [1.82, 2.24) is 20.1 Å². The summed E-state index contributed by atoms with van der Waals surface area (Å²) >= 11 is 1.36. The predicted octanol–water partition coefficient (Wildman–Crippen LogP) is 0.797. The Bertz CT molecular complexity index is 670. The van der Waals surface area contributed by atoms with Gasteiger partial charge in [0, 0.05) is 19.5 Å². The number of carbonyl (C=O) groups excluding carboxylic acids is 1. The van der Waals surface area contributed by atoms with Gasteiger partial charge >= 0.3 is 0 Å². The van der Waals surface area contributed by atoms with E-state index in [4.69, 9.17) is 0 Å². The third-order valence-electron chi connectivity index (χ3n) is 3.81. The number of nitrogens with zero attached hydrogens (tertiary/aromatic N) is 3. The smallest absolute Gasteiger partial charge is 0.233 e. The molecule has 1 aliphatic rings. The van der Waals surface area contributed by atoms with Crippen molar-refractivity contribution in [2.45, 2.75) is 50.1 Å². The molecule has 0 aromatic carbocycles. The Hall–Kier alpha value is -1.09. The van der Waals surface area contributed by atoms with E-state index in [2.05, 4.69) is 15.5 Å². The minimum absolute atomic E-state index is 0.0311. The number of carbonyl (C=O) groups is 1. The molecule has 2 atom stereocenters. The van der Waals surface area contributed by atoms with Gasteiger partial charge in [0.2, 0.25) is 5.91 Å². The fourth-order valence-electron chi connectivity index (χ4n) is 2.53. The number of thioether (sulfide) groups is 1. The van der Waals surface area contributed by atoms with Gasteiger partial charge in [0.1, 0.15) is 5.82 Å². The lowest BCUT2D eigenvalue weighted by molar-refractivity contribution is -0.120. The van der Waals surface area contributed by atoms with Gasteiger partial charge in [-0.2, -0.15) is 0 Å². The maximum absolute atomic E-state index is 12.0. The van der Waals surface area contributed by atoms with Crippen molar-refractivity contribution < 1.29 is 13.2 Å². The zero-order valence-electron chi connectivity index (χ0n) is 13.9. The van der Waals surface area contributed by atoms with Gasteiger partial charge in [-0.05, 0) is 33.1 Å². The molecule has 7 nitrogen and oxygen atoms in total. The second-order valence-electron chi connectivity index (χ2n) is 6.35. The van der Waals surface area contributed by atoms with Crippen LogP contribution in [0.25, 0.3) is 0 Å². The first-order valence-electron chi connectivity index (χ1n) is 7.73. The van der Waals surface area contributed by atoms with Crippen molar-refractivity contribution in [1.29, 1.82) is 0 Å².